The zero-order valence-electron chi connectivity index (χ0n) is 9.70. The number of hydrogen-bond donors (Lipinski definition) is 0. The van der Waals surface area contributed by atoms with Crippen LogP contribution in [-0.2, 0) is 9.53 Å². The van der Waals surface area contributed by atoms with Gasteiger partial charge in [0.1, 0.15) is 13.2 Å². The zero-order chi connectivity index (χ0) is 13.1. The molecule has 96 valence electrons. The minimum Gasteiger partial charge on any atom is -0.485 e. The fourth-order valence-electron chi connectivity index (χ4n) is 1.59. The second-order valence-electron chi connectivity index (χ2n) is 3.50. The number of carbonyl (C=O) groups is 2. The third-order valence-electron chi connectivity index (χ3n) is 2.35. The molecular formula is C12H11ClO5. The normalized spacial score (nSPS) is 13.0. The van der Waals surface area contributed by atoms with Crippen LogP contribution in [0.1, 0.15) is 17.3 Å². The lowest BCUT2D eigenvalue weighted by atomic mass is 10.1. The number of ether oxygens (including phenoxy) is 3. The summed E-state index contributed by atoms with van der Waals surface area (Å²) in [6.45, 7) is 2.42. The fourth-order valence-corrected chi connectivity index (χ4v) is 1.79. The van der Waals surface area contributed by atoms with Crippen molar-refractivity contribution in [1.29, 1.82) is 0 Å². The quantitative estimate of drug-likeness (QED) is 0.477. The number of esters is 1. The average Bonchev–Trinajstić information content (AvgIpc) is 2.39. The van der Waals surface area contributed by atoms with Gasteiger partial charge in [0.15, 0.2) is 11.5 Å². The molecule has 1 aromatic carbocycles. The molecule has 1 aliphatic heterocycles. The van der Waals surface area contributed by atoms with Crippen LogP contribution in [0.4, 0.5) is 0 Å². The van der Waals surface area contributed by atoms with Crippen LogP contribution in [0.15, 0.2) is 12.1 Å². The van der Waals surface area contributed by atoms with E-state index >= 15 is 0 Å². The lowest BCUT2D eigenvalue weighted by molar-refractivity contribution is -0.137. The Bertz CT molecular complexity index is 497. The summed E-state index contributed by atoms with van der Waals surface area (Å²) in [7, 11) is 0. The molecule has 0 bridgehead atoms. The van der Waals surface area contributed by atoms with Crippen molar-refractivity contribution < 1.29 is 23.8 Å². The molecule has 5 nitrogen and oxygen atoms in total. The number of benzene rings is 1. The van der Waals surface area contributed by atoms with Gasteiger partial charge < -0.3 is 14.2 Å². The minimum atomic E-state index is -0.920. The SMILES string of the molecule is CCOC(=O)C(=O)c1ccc(Cl)c2c1OCCO2. The predicted molar refractivity (Wildman–Crippen MR) is 63.4 cm³/mol. The summed E-state index contributed by atoms with van der Waals surface area (Å²) in [6.07, 6.45) is 0. The van der Waals surface area contributed by atoms with E-state index in [1.165, 1.54) is 12.1 Å². The molecule has 0 spiro atoms. The van der Waals surface area contributed by atoms with E-state index in [4.69, 9.17) is 21.1 Å². The van der Waals surface area contributed by atoms with Gasteiger partial charge in [0.05, 0.1) is 17.2 Å². The van der Waals surface area contributed by atoms with Gasteiger partial charge in [-0.2, -0.15) is 0 Å². The van der Waals surface area contributed by atoms with E-state index in [0.29, 0.717) is 18.2 Å². The fraction of sp³-hybridized carbons (Fsp3) is 0.333. The first-order valence-corrected chi connectivity index (χ1v) is 5.82. The molecule has 0 fully saturated rings. The number of halogens is 1. The van der Waals surface area contributed by atoms with Crippen LogP contribution in [0, 0.1) is 0 Å². The van der Waals surface area contributed by atoms with Crippen molar-refractivity contribution in [1.82, 2.24) is 0 Å². The zero-order valence-corrected chi connectivity index (χ0v) is 10.5. The Kier molecular flexibility index (Phi) is 3.72. The van der Waals surface area contributed by atoms with Crippen LogP contribution in [0.5, 0.6) is 11.5 Å². The van der Waals surface area contributed by atoms with Crippen molar-refractivity contribution in [2.45, 2.75) is 6.92 Å². The molecule has 0 atom stereocenters. The summed E-state index contributed by atoms with van der Waals surface area (Å²) in [6, 6.07) is 2.91. The van der Waals surface area contributed by atoms with Gasteiger partial charge >= 0.3 is 5.97 Å². The van der Waals surface area contributed by atoms with Gasteiger partial charge in [-0.1, -0.05) is 11.6 Å². The van der Waals surface area contributed by atoms with Gasteiger partial charge in [0.25, 0.3) is 5.78 Å². The largest absolute Gasteiger partial charge is 0.485 e. The highest BCUT2D eigenvalue weighted by Gasteiger charge is 2.27. The molecule has 1 aliphatic rings. The Morgan fingerprint density at radius 1 is 1.28 bits per heavy atom. The molecule has 0 N–H and O–H groups in total. The van der Waals surface area contributed by atoms with Gasteiger partial charge in [-0.3, -0.25) is 4.79 Å². The van der Waals surface area contributed by atoms with Crippen molar-refractivity contribution in [3.05, 3.63) is 22.7 Å². The van der Waals surface area contributed by atoms with Crippen molar-refractivity contribution >= 4 is 23.4 Å². The summed E-state index contributed by atoms with van der Waals surface area (Å²) >= 11 is 5.93. The first-order valence-electron chi connectivity index (χ1n) is 5.44. The highest BCUT2D eigenvalue weighted by atomic mass is 35.5. The third kappa shape index (κ3) is 2.26. The van der Waals surface area contributed by atoms with Crippen LogP contribution in [0.2, 0.25) is 5.02 Å². The van der Waals surface area contributed by atoms with Crippen molar-refractivity contribution in [3.63, 3.8) is 0 Å². The molecule has 0 radical (unpaired) electrons. The molecule has 0 saturated heterocycles. The molecule has 18 heavy (non-hydrogen) atoms. The average molecular weight is 271 g/mol. The van der Waals surface area contributed by atoms with Crippen LogP contribution >= 0.6 is 11.6 Å². The van der Waals surface area contributed by atoms with E-state index in [9.17, 15) is 9.59 Å². The van der Waals surface area contributed by atoms with Crippen molar-refractivity contribution in [2.75, 3.05) is 19.8 Å². The third-order valence-corrected chi connectivity index (χ3v) is 2.64. The van der Waals surface area contributed by atoms with Crippen LogP contribution < -0.4 is 9.47 Å². The second kappa shape index (κ2) is 5.27. The van der Waals surface area contributed by atoms with Gasteiger partial charge in [-0.15, -0.1) is 0 Å². The summed E-state index contributed by atoms with van der Waals surface area (Å²) in [5, 5.41) is 0.338. The lowest BCUT2D eigenvalue weighted by Gasteiger charge is -2.21. The highest BCUT2D eigenvalue weighted by molar-refractivity contribution is 6.42. The Morgan fingerprint density at radius 3 is 2.61 bits per heavy atom. The maximum absolute atomic E-state index is 11.9. The van der Waals surface area contributed by atoms with Crippen molar-refractivity contribution in [2.24, 2.45) is 0 Å². The molecule has 0 aromatic heterocycles. The first kappa shape index (κ1) is 12.7. The van der Waals surface area contributed by atoms with Crippen LogP contribution in [0.25, 0.3) is 0 Å². The van der Waals surface area contributed by atoms with Crippen LogP contribution in [0.3, 0.4) is 0 Å². The summed E-state index contributed by atoms with van der Waals surface area (Å²) in [4.78, 5) is 23.3. The minimum absolute atomic E-state index is 0.104. The number of hydrogen-bond acceptors (Lipinski definition) is 5. The smallest absolute Gasteiger partial charge is 0.379 e. The summed E-state index contributed by atoms with van der Waals surface area (Å²) in [5.41, 5.74) is 0.104. The maximum atomic E-state index is 11.9. The summed E-state index contributed by atoms with van der Waals surface area (Å²) in [5.74, 6) is -1.20. The number of rotatable bonds is 3. The molecular weight excluding hydrogens is 260 g/mol. The van der Waals surface area contributed by atoms with E-state index in [1.807, 2.05) is 0 Å². The predicted octanol–water partition coefficient (Wildman–Crippen LogP) is 1.86. The lowest BCUT2D eigenvalue weighted by Crippen LogP contribution is -2.22. The second-order valence-corrected chi connectivity index (χ2v) is 3.91. The number of carbonyl (C=O) groups excluding carboxylic acids is 2. The first-order chi connectivity index (χ1) is 8.65. The Hall–Kier alpha value is -1.75. The molecule has 0 aliphatic carbocycles. The highest BCUT2D eigenvalue weighted by Crippen LogP contribution is 2.40. The van der Waals surface area contributed by atoms with E-state index in [0.717, 1.165) is 0 Å². The standard InChI is InChI=1S/C12H11ClO5/c1-2-16-12(15)9(14)7-3-4-8(13)11-10(7)17-5-6-18-11/h3-4H,2,5-6H2,1H3. The number of Topliss-reactive ketones (excluding diaryl/α,β-unsaturated/α-hetero) is 1. The van der Waals surface area contributed by atoms with Gasteiger partial charge in [-0.25, -0.2) is 4.79 Å². The molecule has 6 heteroatoms. The van der Waals surface area contributed by atoms with Gasteiger partial charge in [0, 0.05) is 0 Å². The number of ketones is 1. The van der Waals surface area contributed by atoms with E-state index in [2.05, 4.69) is 4.74 Å². The van der Waals surface area contributed by atoms with E-state index < -0.39 is 11.8 Å². The Balaban J connectivity index is 2.39. The van der Waals surface area contributed by atoms with Gasteiger partial charge in [0.2, 0.25) is 0 Å². The molecule has 0 saturated carbocycles. The molecule has 1 heterocycles. The Morgan fingerprint density at radius 2 is 1.94 bits per heavy atom. The van der Waals surface area contributed by atoms with Crippen LogP contribution in [-0.4, -0.2) is 31.6 Å². The molecule has 0 unspecified atom stereocenters. The molecule has 0 amide bonds. The Labute approximate surface area is 109 Å². The topological polar surface area (TPSA) is 61.8 Å². The summed E-state index contributed by atoms with van der Waals surface area (Å²) < 4.78 is 15.3. The van der Waals surface area contributed by atoms with Crippen molar-refractivity contribution in [3.8, 4) is 11.5 Å². The number of fused-ring (bicyclic) bond motifs is 1. The van der Waals surface area contributed by atoms with E-state index in [1.54, 1.807) is 6.92 Å². The van der Waals surface area contributed by atoms with E-state index in [-0.39, 0.29) is 23.7 Å². The molecule has 2 rings (SSSR count). The van der Waals surface area contributed by atoms with Gasteiger partial charge in [-0.05, 0) is 19.1 Å². The molecule has 1 aromatic rings. The monoisotopic (exact) mass is 270 g/mol. The maximum Gasteiger partial charge on any atom is 0.379 e.